The molecule has 1 saturated heterocycles. The van der Waals surface area contributed by atoms with Gasteiger partial charge in [0, 0.05) is 41.8 Å². The van der Waals surface area contributed by atoms with E-state index < -0.39 is 23.1 Å². The van der Waals surface area contributed by atoms with Crippen molar-refractivity contribution in [3.8, 4) is 5.75 Å². The van der Waals surface area contributed by atoms with Crippen molar-refractivity contribution >= 4 is 34.2 Å². The van der Waals surface area contributed by atoms with E-state index in [9.17, 15) is 17.7 Å². The second-order valence-corrected chi connectivity index (χ2v) is 7.66. The number of ether oxygens (including phenoxy) is 1. The monoisotopic (exact) mass is 474 g/mol. The predicted octanol–water partition coefficient (Wildman–Crippen LogP) is 5.35. The lowest BCUT2D eigenvalue weighted by Gasteiger charge is -2.22. The molecule has 5 rings (SSSR count). The molecule has 1 fully saturated rings. The van der Waals surface area contributed by atoms with Gasteiger partial charge in [0.25, 0.3) is 0 Å². The maximum absolute atomic E-state index is 14.3. The van der Waals surface area contributed by atoms with E-state index in [0.717, 1.165) is 0 Å². The van der Waals surface area contributed by atoms with Gasteiger partial charge >= 0.3 is 0 Å². The van der Waals surface area contributed by atoms with Gasteiger partial charge in [-0.3, -0.25) is 4.94 Å². The van der Waals surface area contributed by atoms with E-state index in [1.807, 2.05) is 0 Å². The highest BCUT2D eigenvalue weighted by molar-refractivity contribution is 5.90. The van der Waals surface area contributed by atoms with Crippen molar-refractivity contribution in [2.75, 3.05) is 23.8 Å². The summed E-state index contributed by atoms with van der Waals surface area (Å²) in [4.78, 5) is 12.5. The van der Waals surface area contributed by atoms with Gasteiger partial charge in [-0.2, -0.15) is 10.1 Å². The SMILES string of the molecule is FOc1ccc(Nc2ncc3c(Nc4c(F)cc(F)cc4F)nn(C4CCOCC4)c3n2)cc1. The third-order valence-electron chi connectivity index (χ3n) is 5.44. The molecule has 2 aromatic carbocycles. The molecule has 176 valence electrons. The summed E-state index contributed by atoms with van der Waals surface area (Å²) in [7, 11) is 0. The van der Waals surface area contributed by atoms with Crippen LogP contribution in [-0.2, 0) is 4.74 Å². The molecule has 1 aliphatic heterocycles. The van der Waals surface area contributed by atoms with Crippen LogP contribution in [0.3, 0.4) is 0 Å². The molecule has 0 amide bonds. The lowest BCUT2D eigenvalue weighted by Crippen LogP contribution is -2.21. The molecular formula is C22H18F4N6O2. The van der Waals surface area contributed by atoms with E-state index in [-0.39, 0.29) is 23.6 Å². The van der Waals surface area contributed by atoms with Crippen LogP contribution in [0.15, 0.2) is 42.6 Å². The van der Waals surface area contributed by atoms with Crippen molar-refractivity contribution in [2.24, 2.45) is 0 Å². The Balaban J connectivity index is 1.54. The van der Waals surface area contributed by atoms with E-state index in [2.05, 4.69) is 30.6 Å². The fourth-order valence-corrected chi connectivity index (χ4v) is 3.76. The minimum Gasteiger partial charge on any atom is -0.381 e. The van der Waals surface area contributed by atoms with Gasteiger partial charge in [0.2, 0.25) is 5.95 Å². The van der Waals surface area contributed by atoms with Gasteiger partial charge < -0.3 is 15.4 Å². The number of halogens is 4. The van der Waals surface area contributed by atoms with Crippen molar-refractivity contribution < 1.29 is 27.4 Å². The highest BCUT2D eigenvalue weighted by Crippen LogP contribution is 2.32. The largest absolute Gasteiger partial charge is 0.381 e. The van der Waals surface area contributed by atoms with Crippen LogP contribution < -0.4 is 15.6 Å². The maximum atomic E-state index is 14.3. The summed E-state index contributed by atoms with van der Waals surface area (Å²) >= 11 is 0. The first-order valence-electron chi connectivity index (χ1n) is 10.4. The number of rotatable bonds is 6. The number of anilines is 4. The minimum atomic E-state index is -1.09. The summed E-state index contributed by atoms with van der Waals surface area (Å²) in [6.45, 7) is 1.07. The van der Waals surface area contributed by atoms with E-state index >= 15 is 0 Å². The fourth-order valence-electron chi connectivity index (χ4n) is 3.76. The lowest BCUT2D eigenvalue weighted by molar-refractivity contribution is -0.00618. The zero-order valence-electron chi connectivity index (χ0n) is 17.6. The molecule has 0 saturated carbocycles. The Morgan fingerprint density at radius 1 is 1.00 bits per heavy atom. The summed E-state index contributed by atoms with van der Waals surface area (Å²) in [6.07, 6.45) is 2.81. The van der Waals surface area contributed by atoms with Crippen LogP contribution in [0.2, 0.25) is 0 Å². The van der Waals surface area contributed by atoms with Gasteiger partial charge in [-0.15, -0.1) is 0 Å². The van der Waals surface area contributed by atoms with Gasteiger partial charge in [-0.25, -0.2) is 22.8 Å². The van der Waals surface area contributed by atoms with Crippen LogP contribution in [0.5, 0.6) is 5.75 Å². The second-order valence-electron chi connectivity index (χ2n) is 7.66. The Morgan fingerprint density at radius 2 is 1.71 bits per heavy atom. The first kappa shape index (κ1) is 21.9. The summed E-state index contributed by atoms with van der Waals surface area (Å²) in [5, 5.41) is 10.6. The summed E-state index contributed by atoms with van der Waals surface area (Å²) in [6, 6.07) is 7.15. The molecule has 0 bridgehead atoms. The number of aromatic nitrogens is 4. The fraction of sp³-hybridized carbons (Fsp3) is 0.227. The van der Waals surface area contributed by atoms with Crippen molar-refractivity contribution in [3.05, 3.63) is 60.0 Å². The van der Waals surface area contributed by atoms with E-state index in [1.165, 1.54) is 18.3 Å². The Bertz CT molecular complexity index is 1300. The van der Waals surface area contributed by atoms with Crippen LogP contribution in [0.25, 0.3) is 11.0 Å². The molecule has 0 aliphatic carbocycles. The highest BCUT2D eigenvalue weighted by Gasteiger charge is 2.24. The molecule has 34 heavy (non-hydrogen) atoms. The number of nitrogens with zero attached hydrogens (tertiary/aromatic N) is 4. The van der Waals surface area contributed by atoms with Crippen molar-refractivity contribution in [3.63, 3.8) is 0 Å². The smallest absolute Gasteiger partial charge is 0.229 e. The first-order chi connectivity index (χ1) is 16.5. The minimum absolute atomic E-state index is 0.0514. The molecule has 0 radical (unpaired) electrons. The van der Waals surface area contributed by atoms with E-state index in [4.69, 9.17) is 4.74 Å². The maximum Gasteiger partial charge on any atom is 0.229 e. The number of fused-ring (bicyclic) bond motifs is 1. The summed E-state index contributed by atoms with van der Waals surface area (Å²) in [5.41, 5.74) is 0.488. The molecule has 8 nitrogen and oxygen atoms in total. The molecular weight excluding hydrogens is 456 g/mol. The van der Waals surface area contributed by atoms with Crippen LogP contribution in [0, 0.1) is 17.5 Å². The second kappa shape index (κ2) is 9.14. The Labute approximate surface area is 190 Å². The van der Waals surface area contributed by atoms with Crippen LogP contribution in [0.1, 0.15) is 18.9 Å². The summed E-state index contributed by atoms with van der Waals surface area (Å²) in [5.74, 6) is -2.79. The van der Waals surface area contributed by atoms with Crippen molar-refractivity contribution in [1.82, 2.24) is 19.7 Å². The number of hydrogen-bond donors (Lipinski definition) is 2. The van der Waals surface area contributed by atoms with Crippen LogP contribution in [0.4, 0.5) is 40.8 Å². The molecule has 2 N–H and O–H groups in total. The van der Waals surface area contributed by atoms with Crippen molar-refractivity contribution in [1.29, 1.82) is 0 Å². The standard InChI is InChI=1S/C22H18F4N6O2/c23-12-9-17(24)19(18(25)10-12)29-20-16-11-27-22(28-13-1-3-15(34-26)4-2-13)30-21(16)32(31-20)14-5-7-33-8-6-14/h1-4,9-11,14H,5-8H2,(H,29,31)(H,27,28,30). The topological polar surface area (TPSA) is 86.1 Å². The Kier molecular flexibility index (Phi) is 5.88. The molecule has 4 aromatic rings. The Hall–Kier alpha value is -3.93. The molecule has 1 aliphatic rings. The highest BCUT2D eigenvalue weighted by atomic mass is 19.3. The number of benzene rings is 2. The average Bonchev–Trinajstić information content (AvgIpc) is 3.20. The normalized spacial score (nSPS) is 14.4. The number of nitrogens with one attached hydrogen (secondary N) is 2. The molecule has 0 atom stereocenters. The van der Waals surface area contributed by atoms with Gasteiger partial charge in [-0.1, -0.05) is 0 Å². The average molecular weight is 474 g/mol. The molecule has 2 aromatic heterocycles. The van der Waals surface area contributed by atoms with E-state index in [0.29, 0.717) is 54.9 Å². The molecule has 12 heteroatoms. The lowest BCUT2D eigenvalue weighted by atomic mass is 10.1. The van der Waals surface area contributed by atoms with Gasteiger partial charge in [0.1, 0.15) is 11.5 Å². The quantitative estimate of drug-likeness (QED) is 0.365. The molecule has 0 spiro atoms. The summed E-state index contributed by atoms with van der Waals surface area (Å²) < 4.78 is 61.2. The third-order valence-corrected chi connectivity index (χ3v) is 5.44. The van der Waals surface area contributed by atoms with Gasteiger partial charge in [0.15, 0.2) is 28.8 Å². The first-order valence-corrected chi connectivity index (χ1v) is 10.4. The zero-order valence-corrected chi connectivity index (χ0v) is 17.6. The number of hydrogen-bond acceptors (Lipinski definition) is 7. The predicted molar refractivity (Wildman–Crippen MR) is 115 cm³/mol. The van der Waals surface area contributed by atoms with Gasteiger partial charge in [-0.05, 0) is 37.1 Å². The van der Waals surface area contributed by atoms with Gasteiger partial charge in [0.05, 0.1) is 11.4 Å². The van der Waals surface area contributed by atoms with Crippen LogP contribution in [-0.4, -0.2) is 33.0 Å². The third kappa shape index (κ3) is 4.31. The van der Waals surface area contributed by atoms with Crippen molar-refractivity contribution in [2.45, 2.75) is 18.9 Å². The van der Waals surface area contributed by atoms with Crippen LogP contribution >= 0.6 is 0 Å². The molecule has 3 heterocycles. The zero-order chi connectivity index (χ0) is 23.7. The molecule has 0 unspecified atom stereocenters. The van der Waals surface area contributed by atoms with E-state index in [1.54, 1.807) is 16.8 Å². The Morgan fingerprint density at radius 3 is 2.38 bits per heavy atom.